The summed E-state index contributed by atoms with van der Waals surface area (Å²) < 4.78 is 4.47. The molecule has 0 aliphatic rings. The molecule has 0 aromatic heterocycles. The molecule has 0 bridgehead atoms. The van der Waals surface area contributed by atoms with Gasteiger partial charge in [-0.1, -0.05) is 12.1 Å². The lowest BCUT2D eigenvalue weighted by atomic mass is 10.1. The lowest BCUT2D eigenvalue weighted by Gasteiger charge is -2.16. The Morgan fingerprint density at radius 3 is 2.65 bits per heavy atom. The molecule has 1 amide bonds. The minimum absolute atomic E-state index is 0.0609. The number of esters is 1. The number of likely N-dealkylation sites (N-methyl/N-ethyl adjacent to an activating group) is 1. The van der Waals surface area contributed by atoms with Crippen LogP contribution >= 0.6 is 0 Å². The number of benzene rings is 1. The van der Waals surface area contributed by atoms with Crippen LogP contribution < -0.4 is 0 Å². The second-order valence-corrected chi connectivity index (χ2v) is 3.71. The van der Waals surface area contributed by atoms with E-state index in [0.29, 0.717) is 5.56 Å². The second kappa shape index (κ2) is 5.34. The molecule has 1 aromatic carbocycles. The first-order chi connectivity index (χ1) is 7.97. The number of nitrogens with zero attached hydrogens (tertiary/aromatic N) is 1. The molecule has 0 radical (unpaired) electrons. The van der Waals surface area contributed by atoms with E-state index in [0.717, 1.165) is 0 Å². The van der Waals surface area contributed by atoms with Gasteiger partial charge in [-0.15, -0.1) is 0 Å². The topological polar surface area (TPSA) is 66.8 Å². The monoisotopic (exact) mass is 237 g/mol. The number of phenolic OH excluding ortho intramolecular Hbond substituents is 1. The van der Waals surface area contributed by atoms with E-state index in [4.69, 9.17) is 0 Å². The number of carbonyl (C=O) groups is 2. The summed E-state index contributed by atoms with van der Waals surface area (Å²) in [6.07, 6.45) is 0. The molecule has 92 valence electrons. The van der Waals surface area contributed by atoms with Crippen molar-refractivity contribution < 1.29 is 19.4 Å². The highest BCUT2D eigenvalue weighted by Crippen LogP contribution is 2.22. The Labute approximate surface area is 99.6 Å². The van der Waals surface area contributed by atoms with Crippen LogP contribution in [0.1, 0.15) is 15.9 Å². The Balaban J connectivity index is 2.89. The number of hydrogen-bond acceptors (Lipinski definition) is 4. The van der Waals surface area contributed by atoms with Gasteiger partial charge in [0.15, 0.2) is 0 Å². The third kappa shape index (κ3) is 2.96. The molecule has 17 heavy (non-hydrogen) atoms. The minimum atomic E-state index is -0.506. The molecule has 0 unspecified atom stereocenters. The van der Waals surface area contributed by atoms with Crippen molar-refractivity contribution in [1.29, 1.82) is 0 Å². The quantitative estimate of drug-likeness (QED) is 0.795. The second-order valence-electron chi connectivity index (χ2n) is 3.71. The van der Waals surface area contributed by atoms with Crippen molar-refractivity contribution in [2.24, 2.45) is 0 Å². The average Bonchev–Trinajstić information content (AvgIpc) is 2.31. The van der Waals surface area contributed by atoms with Gasteiger partial charge in [0.05, 0.1) is 12.7 Å². The van der Waals surface area contributed by atoms with Crippen LogP contribution in [0.5, 0.6) is 5.75 Å². The lowest BCUT2D eigenvalue weighted by Crippen LogP contribution is -2.32. The number of para-hydroxylation sites is 1. The van der Waals surface area contributed by atoms with Gasteiger partial charge < -0.3 is 14.7 Å². The first-order valence-electron chi connectivity index (χ1n) is 5.08. The van der Waals surface area contributed by atoms with Gasteiger partial charge in [-0.25, -0.2) is 0 Å². The summed E-state index contributed by atoms with van der Waals surface area (Å²) in [6, 6.07) is 4.89. The minimum Gasteiger partial charge on any atom is -0.507 e. The van der Waals surface area contributed by atoms with Crippen molar-refractivity contribution in [2.75, 3.05) is 20.7 Å². The Bertz CT molecular complexity index is 442. The van der Waals surface area contributed by atoms with Gasteiger partial charge in [-0.3, -0.25) is 9.59 Å². The summed E-state index contributed by atoms with van der Waals surface area (Å²) in [5, 5.41) is 9.74. The van der Waals surface area contributed by atoms with Crippen LogP contribution in [0.3, 0.4) is 0 Å². The van der Waals surface area contributed by atoms with Gasteiger partial charge in [-0.05, 0) is 18.6 Å². The number of amides is 1. The molecule has 0 aliphatic heterocycles. The summed E-state index contributed by atoms with van der Waals surface area (Å²) in [7, 11) is 2.73. The molecular formula is C12H15NO4. The average molecular weight is 237 g/mol. The van der Waals surface area contributed by atoms with Gasteiger partial charge in [0.1, 0.15) is 12.3 Å². The molecule has 0 fully saturated rings. The van der Waals surface area contributed by atoms with Crippen molar-refractivity contribution >= 4 is 11.9 Å². The van der Waals surface area contributed by atoms with Crippen molar-refractivity contribution in [3.63, 3.8) is 0 Å². The van der Waals surface area contributed by atoms with E-state index in [1.165, 1.54) is 25.1 Å². The van der Waals surface area contributed by atoms with Crippen LogP contribution in [0.25, 0.3) is 0 Å². The SMILES string of the molecule is COC(=O)CN(C)C(=O)c1cccc(C)c1O. The van der Waals surface area contributed by atoms with Crippen LogP contribution in [-0.4, -0.2) is 42.6 Å². The maximum Gasteiger partial charge on any atom is 0.325 e. The van der Waals surface area contributed by atoms with Gasteiger partial charge in [0.2, 0.25) is 0 Å². The fourth-order valence-electron chi connectivity index (χ4n) is 1.37. The standard InChI is InChI=1S/C12H15NO4/c1-8-5-4-6-9(11(8)15)12(16)13(2)7-10(14)17-3/h4-6,15H,7H2,1-3H3. The highest BCUT2D eigenvalue weighted by atomic mass is 16.5. The van der Waals surface area contributed by atoms with Crippen molar-refractivity contribution in [3.05, 3.63) is 29.3 Å². The van der Waals surface area contributed by atoms with E-state index < -0.39 is 11.9 Å². The number of rotatable bonds is 3. The molecule has 0 aliphatic carbocycles. The molecule has 0 heterocycles. The predicted octanol–water partition coefficient (Wildman–Crippen LogP) is 0.946. The lowest BCUT2D eigenvalue weighted by molar-refractivity contribution is -0.141. The smallest absolute Gasteiger partial charge is 0.325 e. The number of methoxy groups -OCH3 is 1. The van der Waals surface area contributed by atoms with Crippen molar-refractivity contribution in [3.8, 4) is 5.75 Å². The first kappa shape index (κ1) is 13.0. The molecule has 1 N–H and O–H groups in total. The zero-order valence-corrected chi connectivity index (χ0v) is 10.1. The molecule has 0 spiro atoms. The fraction of sp³-hybridized carbons (Fsp3) is 0.333. The van der Waals surface area contributed by atoms with Gasteiger partial charge in [0.25, 0.3) is 5.91 Å². The van der Waals surface area contributed by atoms with Crippen LogP contribution in [0.15, 0.2) is 18.2 Å². The molecule has 0 saturated heterocycles. The van der Waals surface area contributed by atoms with E-state index in [2.05, 4.69) is 4.74 Å². The summed E-state index contributed by atoms with van der Waals surface area (Å²) in [6.45, 7) is 1.55. The van der Waals surface area contributed by atoms with Crippen LogP contribution in [0, 0.1) is 6.92 Å². The normalized spacial score (nSPS) is 9.82. The molecule has 5 heteroatoms. The summed E-state index contributed by atoms with van der Waals surface area (Å²) in [5.41, 5.74) is 0.790. The molecular weight excluding hydrogens is 222 g/mol. The Kier molecular flexibility index (Phi) is 4.09. The van der Waals surface area contributed by atoms with Crippen molar-refractivity contribution in [2.45, 2.75) is 6.92 Å². The van der Waals surface area contributed by atoms with E-state index >= 15 is 0 Å². The first-order valence-corrected chi connectivity index (χ1v) is 5.08. The van der Waals surface area contributed by atoms with Crippen molar-refractivity contribution in [1.82, 2.24) is 4.90 Å². The summed E-state index contributed by atoms with van der Waals surface area (Å²) in [4.78, 5) is 24.2. The Morgan fingerprint density at radius 1 is 1.41 bits per heavy atom. The van der Waals surface area contributed by atoms with Gasteiger partial charge in [0, 0.05) is 7.05 Å². The van der Waals surface area contributed by atoms with Crippen LogP contribution in [0.2, 0.25) is 0 Å². The largest absolute Gasteiger partial charge is 0.507 e. The number of carbonyl (C=O) groups excluding carboxylic acids is 2. The van der Waals surface area contributed by atoms with E-state index in [1.807, 2.05) is 0 Å². The number of phenols is 1. The van der Waals surface area contributed by atoms with E-state index in [1.54, 1.807) is 19.1 Å². The summed E-state index contributed by atoms with van der Waals surface area (Å²) >= 11 is 0. The van der Waals surface area contributed by atoms with E-state index in [9.17, 15) is 14.7 Å². The Hall–Kier alpha value is -2.04. The third-order valence-electron chi connectivity index (χ3n) is 2.41. The van der Waals surface area contributed by atoms with Crippen LogP contribution in [0.4, 0.5) is 0 Å². The van der Waals surface area contributed by atoms with E-state index in [-0.39, 0.29) is 17.9 Å². The summed E-state index contributed by atoms with van der Waals surface area (Å²) in [5.74, 6) is -0.987. The highest BCUT2D eigenvalue weighted by molar-refractivity contribution is 5.98. The van der Waals surface area contributed by atoms with Gasteiger partial charge >= 0.3 is 5.97 Å². The maximum absolute atomic E-state index is 11.9. The number of hydrogen-bond donors (Lipinski definition) is 1. The van der Waals surface area contributed by atoms with Gasteiger partial charge in [-0.2, -0.15) is 0 Å². The zero-order chi connectivity index (χ0) is 13.0. The third-order valence-corrected chi connectivity index (χ3v) is 2.41. The predicted molar refractivity (Wildman–Crippen MR) is 61.8 cm³/mol. The maximum atomic E-state index is 11.9. The zero-order valence-electron chi connectivity index (χ0n) is 10.1. The number of ether oxygens (including phenoxy) is 1. The van der Waals surface area contributed by atoms with Crippen LogP contribution in [-0.2, 0) is 9.53 Å². The molecule has 1 aromatic rings. The fourth-order valence-corrected chi connectivity index (χ4v) is 1.37. The molecule has 1 rings (SSSR count). The number of aromatic hydroxyl groups is 1. The molecule has 0 saturated carbocycles. The highest BCUT2D eigenvalue weighted by Gasteiger charge is 2.18. The molecule has 0 atom stereocenters. The molecule has 5 nitrogen and oxygen atoms in total. The Morgan fingerprint density at radius 2 is 2.06 bits per heavy atom. The number of aryl methyl sites for hydroxylation is 1.